The van der Waals surface area contributed by atoms with Crippen LogP contribution in [-0.4, -0.2) is 4.57 Å². The number of rotatable bonds is 0. The minimum absolute atomic E-state index is 0.0219. The SMILES string of the molecule is Cn1c(=O)ccc2c[c]ccc21. The highest BCUT2D eigenvalue weighted by Crippen LogP contribution is 2.08. The molecule has 0 spiro atoms. The van der Waals surface area contributed by atoms with Gasteiger partial charge in [-0.05, 0) is 29.7 Å². The van der Waals surface area contributed by atoms with Crippen LogP contribution in [0.2, 0.25) is 0 Å². The summed E-state index contributed by atoms with van der Waals surface area (Å²) in [5, 5.41) is 1.04. The van der Waals surface area contributed by atoms with Crippen molar-refractivity contribution in [2.24, 2.45) is 7.05 Å². The van der Waals surface area contributed by atoms with Gasteiger partial charge in [-0.15, -0.1) is 0 Å². The molecule has 0 aliphatic heterocycles. The molecule has 0 bridgehead atoms. The van der Waals surface area contributed by atoms with Gasteiger partial charge in [0.05, 0.1) is 5.52 Å². The maximum absolute atomic E-state index is 11.2. The van der Waals surface area contributed by atoms with Gasteiger partial charge in [0, 0.05) is 13.1 Å². The normalized spacial score (nSPS) is 10.4. The molecule has 2 nitrogen and oxygen atoms in total. The van der Waals surface area contributed by atoms with Gasteiger partial charge in [0.2, 0.25) is 0 Å². The molecule has 0 aliphatic rings. The Morgan fingerprint density at radius 1 is 1.33 bits per heavy atom. The van der Waals surface area contributed by atoms with E-state index in [0.29, 0.717) is 0 Å². The first kappa shape index (κ1) is 7.10. The van der Waals surface area contributed by atoms with Crippen molar-refractivity contribution < 1.29 is 0 Å². The van der Waals surface area contributed by atoms with Crippen molar-refractivity contribution >= 4 is 10.9 Å². The van der Waals surface area contributed by atoms with Gasteiger partial charge in [-0.25, -0.2) is 0 Å². The number of aryl methyl sites for hydroxylation is 1. The summed E-state index contributed by atoms with van der Waals surface area (Å²) >= 11 is 0. The molecule has 0 saturated carbocycles. The molecule has 2 rings (SSSR count). The monoisotopic (exact) mass is 158 g/mol. The Kier molecular flexibility index (Phi) is 1.47. The minimum Gasteiger partial charge on any atom is -0.311 e. The third-order valence-electron chi connectivity index (χ3n) is 1.97. The van der Waals surface area contributed by atoms with E-state index in [1.54, 1.807) is 17.7 Å². The molecule has 1 aromatic carbocycles. The number of hydrogen-bond donors (Lipinski definition) is 0. The summed E-state index contributed by atoms with van der Waals surface area (Å²) in [6, 6.07) is 11.9. The number of aromatic nitrogens is 1. The minimum atomic E-state index is 0.0219. The molecule has 59 valence electrons. The highest BCUT2D eigenvalue weighted by Gasteiger charge is 1.95. The topological polar surface area (TPSA) is 22.0 Å². The second-order valence-corrected chi connectivity index (χ2v) is 2.72. The molecule has 2 aromatic rings. The van der Waals surface area contributed by atoms with E-state index >= 15 is 0 Å². The molecule has 0 N–H and O–H groups in total. The van der Waals surface area contributed by atoms with E-state index in [2.05, 4.69) is 6.07 Å². The van der Waals surface area contributed by atoms with Crippen LogP contribution in [0.1, 0.15) is 0 Å². The Bertz CT molecular complexity index is 470. The van der Waals surface area contributed by atoms with Crippen LogP contribution in [0.4, 0.5) is 0 Å². The van der Waals surface area contributed by atoms with Gasteiger partial charge in [-0.1, -0.05) is 6.07 Å². The van der Waals surface area contributed by atoms with Crippen LogP contribution in [0.25, 0.3) is 10.9 Å². The summed E-state index contributed by atoms with van der Waals surface area (Å²) in [6.07, 6.45) is 0. The van der Waals surface area contributed by atoms with Gasteiger partial charge in [0.15, 0.2) is 0 Å². The molecule has 0 amide bonds. The van der Waals surface area contributed by atoms with Crippen molar-refractivity contribution in [3.05, 3.63) is 46.8 Å². The average molecular weight is 158 g/mol. The van der Waals surface area contributed by atoms with Crippen LogP contribution in [0.15, 0.2) is 35.1 Å². The first-order valence-electron chi connectivity index (χ1n) is 3.75. The Morgan fingerprint density at radius 2 is 2.17 bits per heavy atom. The summed E-state index contributed by atoms with van der Waals surface area (Å²) < 4.78 is 1.63. The molecule has 0 atom stereocenters. The largest absolute Gasteiger partial charge is 0.311 e. The first-order chi connectivity index (χ1) is 5.79. The molecule has 12 heavy (non-hydrogen) atoms. The summed E-state index contributed by atoms with van der Waals surface area (Å²) in [7, 11) is 1.77. The predicted octanol–water partition coefficient (Wildman–Crippen LogP) is 1.34. The molecule has 0 aliphatic carbocycles. The quantitative estimate of drug-likeness (QED) is 0.567. The lowest BCUT2D eigenvalue weighted by molar-refractivity contribution is 0.906. The molecule has 0 unspecified atom stereocenters. The van der Waals surface area contributed by atoms with Gasteiger partial charge < -0.3 is 4.57 Å². The van der Waals surface area contributed by atoms with Crippen molar-refractivity contribution in [3.63, 3.8) is 0 Å². The zero-order chi connectivity index (χ0) is 8.55. The number of pyridine rings is 1. The van der Waals surface area contributed by atoms with E-state index in [0.717, 1.165) is 10.9 Å². The van der Waals surface area contributed by atoms with Crippen LogP contribution in [0.3, 0.4) is 0 Å². The van der Waals surface area contributed by atoms with Gasteiger partial charge in [-0.3, -0.25) is 4.79 Å². The van der Waals surface area contributed by atoms with Crippen molar-refractivity contribution in [1.29, 1.82) is 0 Å². The Balaban J connectivity index is 3.01. The van der Waals surface area contributed by atoms with Crippen LogP contribution >= 0.6 is 0 Å². The number of benzene rings is 1. The van der Waals surface area contributed by atoms with Crippen molar-refractivity contribution in [2.75, 3.05) is 0 Å². The molecule has 1 heterocycles. The van der Waals surface area contributed by atoms with E-state index in [1.165, 1.54) is 0 Å². The van der Waals surface area contributed by atoms with E-state index in [-0.39, 0.29) is 5.56 Å². The van der Waals surface area contributed by atoms with Crippen LogP contribution in [0, 0.1) is 6.07 Å². The smallest absolute Gasteiger partial charge is 0.250 e. The van der Waals surface area contributed by atoms with Crippen molar-refractivity contribution in [3.8, 4) is 0 Å². The maximum atomic E-state index is 11.2. The van der Waals surface area contributed by atoms with E-state index in [9.17, 15) is 4.79 Å². The fourth-order valence-electron chi connectivity index (χ4n) is 1.27. The summed E-state index contributed by atoms with van der Waals surface area (Å²) in [5.41, 5.74) is 0.968. The summed E-state index contributed by atoms with van der Waals surface area (Å²) in [6.45, 7) is 0. The van der Waals surface area contributed by atoms with Crippen LogP contribution < -0.4 is 5.56 Å². The number of fused-ring (bicyclic) bond motifs is 1. The zero-order valence-electron chi connectivity index (χ0n) is 6.74. The number of nitrogens with zero attached hydrogens (tertiary/aromatic N) is 1. The van der Waals surface area contributed by atoms with E-state index in [4.69, 9.17) is 0 Å². The highest BCUT2D eigenvalue weighted by atomic mass is 16.1. The molecule has 0 fully saturated rings. The lowest BCUT2D eigenvalue weighted by Gasteiger charge is -2.01. The molecular weight excluding hydrogens is 150 g/mol. The highest BCUT2D eigenvalue weighted by molar-refractivity contribution is 5.78. The first-order valence-corrected chi connectivity index (χ1v) is 3.75. The zero-order valence-corrected chi connectivity index (χ0v) is 6.74. The third kappa shape index (κ3) is 0.925. The van der Waals surface area contributed by atoms with E-state index < -0.39 is 0 Å². The van der Waals surface area contributed by atoms with Crippen molar-refractivity contribution in [2.45, 2.75) is 0 Å². The Hall–Kier alpha value is -1.57. The summed E-state index contributed by atoms with van der Waals surface area (Å²) in [5.74, 6) is 0. The van der Waals surface area contributed by atoms with Crippen LogP contribution in [-0.2, 0) is 7.05 Å². The fourth-order valence-corrected chi connectivity index (χ4v) is 1.27. The summed E-state index contributed by atoms with van der Waals surface area (Å²) in [4.78, 5) is 11.2. The van der Waals surface area contributed by atoms with Gasteiger partial charge in [0.25, 0.3) is 5.56 Å². The van der Waals surface area contributed by atoms with Gasteiger partial charge in [-0.2, -0.15) is 0 Å². The predicted molar refractivity (Wildman–Crippen MR) is 48.0 cm³/mol. The second-order valence-electron chi connectivity index (χ2n) is 2.72. The molecule has 1 aromatic heterocycles. The molecule has 2 heteroatoms. The Labute approximate surface area is 70.1 Å². The lowest BCUT2D eigenvalue weighted by atomic mass is 10.2. The maximum Gasteiger partial charge on any atom is 0.250 e. The fraction of sp³-hybridized carbons (Fsp3) is 0.100. The Morgan fingerprint density at radius 3 is 3.00 bits per heavy atom. The third-order valence-corrected chi connectivity index (χ3v) is 1.97. The molecule has 0 saturated heterocycles. The number of hydrogen-bond acceptors (Lipinski definition) is 1. The van der Waals surface area contributed by atoms with Gasteiger partial charge in [0.1, 0.15) is 0 Å². The van der Waals surface area contributed by atoms with Crippen molar-refractivity contribution in [1.82, 2.24) is 4.57 Å². The molecule has 1 radical (unpaired) electrons. The van der Waals surface area contributed by atoms with Gasteiger partial charge >= 0.3 is 0 Å². The standard InChI is InChI=1S/C10H8NO/c1-11-9-5-3-2-4-8(9)6-7-10(11)12/h3-7H,1H3. The van der Waals surface area contributed by atoms with Crippen LogP contribution in [0.5, 0.6) is 0 Å². The lowest BCUT2D eigenvalue weighted by Crippen LogP contribution is -2.14. The average Bonchev–Trinajstić information content (AvgIpc) is 2.12. The molecular formula is C10H8NO. The second kappa shape index (κ2) is 2.48. The van der Waals surface area contributed by atoms with E-state index in [1.807, 2.05) is 24.3 Å².